The second-order valence-corrected chi connectivity index (χ2v) is 5.80. The molecular weight excluding hydrogens is 326 g/mol. The van der Waals surface area contributed by atoms with Crippen molar-refractivity contribution in [2.75, 3.05) is 11.9 Å². The van der Waals surface area contributed by atoms with Crippen molar-refractivity contribution >= 4 is 33.7 Å². The monoisotopic (exact) mass is 343 g/mol. The molecule has 4 aromatic rings. The highest BCUT2D eigenvalue weighted by Gasteiger charge is 2.11. The van der Waals surface area contributed by atoms with Gasteiger partial charge in [-0.1, -0.05) is 24.3 Å². The van der Waals surface area contributed by atoms with Gasteiger partial charge in [0.15, 0.2) is 0 Å². The van der Waals surface area contributed by atoms with E-state index in [4.69, 9.17) is 4.74 Å². The van der Waals surface area contributed by atoms with Crippen molar-refractivity contribution in [3.63, 3.8) is 0 Å². The van der Waals surface area contributed by atoms with Crippen molar-refractivity contribution in [3.8, 4) is 5.75 Å². The smallest absolute Gasteiger partial charge is 0.255 e. The third-order valence-corrected chi connectivity index (χ3v) is 4.04. The molecule has 0 unspecified atom stereocenters. The summed E-state index contributed by atoms with van der Waals surface area (Å²) in [6.45, 7) is 2.44. The van der Waals surface area contributed by atoms with E-state index in [1.54, 1.807) is 12.1 Å². The van der Waals surface area contributed by atoms with E-state index in [0.717, 1.165) is 16.6 Å². The van der Waals surface area contributed by atoms with Crippen LogP contribution in [-0.2, 0) is 0 Å². The van der Waals surface area contributed by atoms with Crippen LogP contribution in [0.1, 0.15) is 17.3 Å². The third kappa shape index (κ3) is 3.07. The van der Waals surface area contributed by atoms with Crippen LogP contribution in [0.2, 0.25) is 0 Å². The van der Waals surface area contributed by atoms with Crippen LogP contribution in [0.15, 0.2) is 66.7 Å². The zero-order chi connectivity index (χ0) is 17.9. The number of carbonyl (C=O) groups excluding carboxylic acids is 1. The second kappa shape index (κ2) is 6.80. The third-order valence-electron chi connectivity index (χ3n) is 4.04. The van der Waals surface area contributed by atoms with Gasteiger partial charge in [-0.3, -0.25) is 4.79 Å². The molecule has 26 heavy (non-hydrogen) atoms. The number of nitrogens with one attached hydrogen (secondary N) is 1. The molecular formula is C21H17N3O2. The molecule has 3 aromatic carbocycles. The SMILES string of the molecule is CCOc1ccccc1NC(=O)c1ccc2nc3ccccc3nc2c1. The van der Waals surface area contributed by atoms with E-state index < -0.39 is 0 Å². The van der Waals surface area contributed by atoms with Gasteiger partial charge in [-0.05, 0) is 49.4 Å². The lowest BCUT2D eigenvalue weighted by Gasteiger charge is -2.11. The standard InChI is InChI=1S/C21H17N3O2/c1-2-26-20-10-6-5-9-18(20)24-21(25)14-11-12-17-19(13-14)23-16-8-4-3-7-15(16)22-17/h3-13H,2H2,1H3,(H,24,25). The van der Waals surface area contributed by atoms with Gasteiger partial charge in [-0.25, -0.2) is 9.97 Å². The minimum Gasteiger partial charge on any atom is -0.492 e. The number of amides is 1. The summed E-state index contributed by atoms with van der Waals surface area (Å²) in [4.78, 5) is 21.9. The molecule has 0 aliphatic rings. The lowest BCUT2D eigenvalue weighted by atomic mass is 10.1. The Balaban J connectivity index is 1.68. The zero-order valence-corrected chi connectivity index (χ0v) is 14.3. The molecule has 0 bridgehead atoms. The highest BCUT2D eigenvalue weighted by atomic mass is 16.5. The lowest BCUT2D eigenvalue weighted by Crippen LogP contribution is -2.13. The number of ether oxygens (including phenoxy) is 1. The molecule has 128 valence electrons. The number of rotatable bonds is 4. The summed E-state index contributed by atoms with van der Waals surface area (Å²) in [6, 6.07) is 20.4. The first kappa shape index (κ1) is 16.0. The van der Waals surface area contributed by atoms with Gasteiger partial charge >= 0.3 is 0 Å². The van der Waals surface area contributed by atoms with Crippen LogP contribution in [0.4, 0.5) is 5.69 Å². The average Bonchev–Trinajstić information content (AvgIpc) is 2.67. The zero-order valence-electron chi connectivity index (χ0n) is 14.3. The van der Waals surface area contributed by atoms with Crippen LogP contribution in [0.25, 0.3) is 22.1 Å². The van der Waals surface area contributed by atoms with Crippen LogP contribution in [0.5, 0.6) is 5.75 Å². The molecule has 0 spiro atoms. The van der Waals surface area contributed by atoms with Gasteiger partial charge in [-0.2, -0.15) is 0 Å². The van der Waals surface area contributed by atoms with E-state index in [1.165, 1.54) is 0 Å². The van der Waals surface area contributed by atoms with Crippen molar-refractivity contribution in [2.24, 2.45) is 0 Å². The molecule has 0 atom stereocenters. The molecule has 4 rings (SSSR count). The van der Waals surface area contributed by atoms with E-state index in [9.17, 15) is 4.79 Å². The van der Waals surface area contributed by atoms with Crippen molar-refractivity contribution in [1.29, 1.82) is 0 Å². The molecule has 1 aromatic heterocycles. The Kier molecular flexibility index (Phi) is 4.19. The van der Waals surface area contributed by atoms with Gasteiger partial charge in [0, 0.05) is 5.56 Å². The van der Waals surface area contributed by atoms with Crippen LogP contribution in [0, 0.1) is 0 Å². The molecule has 0 aliphatic heterocycles. The Bertz CT molecular complexity index is 1110. The number of hydrogen-bond acceptors (Lipinski definition) is 4. The maximum Gasteiger partial charge on any atom is 0.255 e. The number of benzene rings is 3. The molecule has 1 heterocycles. The molecule has 0 fully saturated rings. The molecule has 0 saturated heterocycles. The number of fused-ring (bicyclic) bond motifs is 2. The lowest BCUT2D eigenvalue weighted by molar-refractivity contribution is 0.102. The summed E-state index contributed by atoms with van der Waals surface area (Å²) in [5.41, 5.74) is 4.25. The Morgan fingerprint density at radius 2 is 1.54 bits per heavy atom. The minimum absolute atomic E-state index is 0.214. The number of para-hydroxylation sites is 4. The Hall–Kier alpha value is -3.47. The topological polar surface area (TPSA) is 64.1 Å². The molecule has 0 aliphatic carbocycles. The summed E-state index contributed by atoms with van der Waals surface area (Å²) < 4.78 is 5.56. The molecule has 5 nitrogen and oxygen atoms in total. The predicted molar refractivity (Wildman–Crippen MR) is 103 cm³/mol. The number of nitrogens with zero attached hydrogens (tertiary/aromatic N) is 2. The summed E-state index contributed by atoms with van der Waals surface area (Å²) in [5.74, 6) is 0.434. The Labute approximate surface area is 150 Å². The van der Waals surface area contributed by atoms with Crippen molar-refractivity contribution in [3.05, 3.63) is 72.3 Å². The average molecular weight is 343 g/mol. The van der Waals surface area contributed by atoms with Crippen molar-refractivity contribution in [2.45, 2.75) is 6.92 Å². The van der Waals surface area contributed by atoms with Gasteiger partial charge < -0.3 is 10.1 Å². The quantitative estimate of drug-likeness (QED) is 0.557. The summed E-state index contributed by atoms with van der Waals surface area (Å²) in [7, 11) is 0. The molecule has 5 heteroatoms. The van der Waals surface area contributed by atoms with Crippen LogP contribution in [0.3, 0.4) is 0 Å². The van der Waals surface area contributed by atoms with E-state index in [-0.39, 0.29) is 5.91 Å². The first-order chi connectivity index (χ1) is 12.7. The highest BCUT2D eigenvalue weighted by Crippen LogP contribution is 2.25. The number of hydrogen-bond donors (Lipinski definition) is 1. The van der Waals surface area contributed by atoms with Crippen LogP contribution < -0.4 is 10.1 Å². The van der Waals surface area contributed by atoms with E-state index >= 15 is 0 Å². The molecule has 1 amide bonds. The van der Waals surface area contributed by atoms with Crippen LogP contribution >= 0.6 is 0 Å². The summed E-state index contributed by atoms with van der Waals surface area (Å²) in [6.07, 6.45) is 0. The van der Waals surface area contributed by atoms with Gasteiger partial charge in [-0.15, -0.1) is 0 Å². The fourth-order valence-corrected chi connectivity index (χ4v) is 2.81. The Morgan fingerprint density at radius 1 is 0.885 bits per heavy atom. The summed E-state index contributed by atoms with van der Waals surface area (Å²) in [5, 5.41) is 2.90. The summed E-state index contributed by atoms with van der Waals surface area (Å²) >= 11 is 0. The van der Waals surface area contributed by atoms with Crippen molar-refractivity contribution in [1.82, 2.24) is 9.97 Å². The fraction of sp³-hybridized carbons (Fsp3) is 0.0952. The second-order valence-electron chi connectivity index (χ2n) is 5.80. The van der Waals surface area contributed by atoms with E-state index in [2.05, 4.69) is 15.3 Å². The molecule has 0 saturated carbocycles. The number of carbonyl (C=O) groups is 1. The normalized spacial score (nSPS) is 10.8. The van der Waals surface area contributed by atoms with Crippen molar-refractivity contribution < 1.29 is 9.53 Å². The van der Waals surface area contributed by atoms with Gasteiger partial charge in [0.2, 0.25) is 0 Å². The van der Waals surface area contributed by atoms with Gasteiger partial charge in [0.1, 0.15) is 5.75 Å². The van der Waals surface area contributed by atoms with E-state index in [0.29, 0.717) is 29.1 Å². The minimum atomic E-state index is -0.214. The molecule has 1 N–H and O–H groups in total. The Morgan fingerprint density at radius 3 is 2.31 bits per heavy atom. The van der Waals surface area contributed by atoms with Gasteiger partial charge in [0.05, 0.1) is 34.4 Å². The first-order valence-corrected chi connectivity index (χ1v) is 8.44. The van der Waals surface area contributed by atoms with Gasteiger partial charge in [0.25, 0.3) is 5.91 Å². The number of anilines is 1. The maximum atomic E-state index is 12.7. The fourth-order valence-electron chi connectivity index (χ4n) is 2.81. The number of aromatic nitrogens is 2. The maximum absolute atomic E-state index is 12.7. The van der Waals surface area contributed by atoms with Crippen LogP contribution in [-0.4, -0.2) is 22.5 Å². The van der Waals surface area contributed by atoms with E-state index in [1.807, 2.05) is 61.5 Å². The first-order valence-electron chi connectivity index (χ1n) is 8.44. The predicted octanol–water partition coefficient (Wildman–Crippen LogP) is 4.43. The largest absolute Gasteiger partial charge is 0.492 e. The molecule has 0 radical (unpaired) electrons. The highest BCUT2D eigenvalue weighted by molar-refractivity contribution is 6.06.